The highest BCUT2D eigenvalue weighted by molar-refractivity contribution is 5.35. The molecule has 2 rings (SSSR count). The van der Waals surface area contributed by atoms with Crippen molar-refractivity contribution in [3.8, 4) is 0 Å². The largest absolute Gasteiger partial charge is 0.392 e. The van der Waals surface area contributed by atoms with E-state index in [2.05, 4.69) is 23.5 Å². The molecule has 0 aromatic heterocycles. The third-order valence-corrected chi connectivity index (χ3v) is 3.96. The van der Waals surface area contributed by atoms with Gasteiger partial charge in [-0.25, -0.2) is 0 Å². The number of benzene rings is 1. The van der Waals surface area contributed by atoms with Crippen molar-refractivity contribution in [1.29, 1.82) is 0 Å². The lowest BCUT2D eigenvalue weighted by Gasteiger charge is -2.29. The first kappa shape index (κ1) is 12.6. The summed E-state index contributed by atoms with van der Waals surface area (Å²) in [4.78, 5) is 0. The number of fused-ring (bicyclic) bond motifs is 1. The minimum Gasteiger partial charge on any atom is -0.392 e. The van der Waals surface area contributed by atoms with Crippen LogP contribution in [0.4, 0.5) is 0 Å². The summed E-state index contributed by atoms with van der Waals surface area (Å²) >= 11 is 0. The van der Waals surface area contributed by atoms with Gasteiger partial charge in [-0.3, -0.25) is 0 Å². The lowest BCUT2D eigenvalue weighted by Crippen LogP contribution is -2.47. The molecule has 0 heterocycles. The highest BCUT2D eigenvalue weighted by Crippen LogP contribution is 2.23. The van der Waals surface area contributed by atoms with E-state index >= 15 is 0 Å². The Balaban J connectivity index is 2.00. The van der Waals surface area contributed by atoms with E-state index in [1.54, 1.807) is 0 Å². The summed E-state index contributed by atoms with van der Waals surface area (Å²) in [6.07, 6.45) is 3.41. The van der Waals surface area contributed by atoms with Crippen molar-refractivity contribution in [3.63, 3.8) is 0 Å². The molecule has 1 aromatic carbocycles. The first-order valence-electron chi connectivity index (χ1n) is 6.53. The third kappa shape index (κ3) is 2.88. The van der Waals surface area contributed by atoms with Crippen LogP contribution in [0.25, 0.3) is 0 Å². The molecule has 2 nitrogen and oxygen atoms in total. The maximum absolute atomic E-state index is 9.65. The van der Waals surface area contributed by atoms with Crippen LogP contribution in [0.2, 0.25) is 0 Å². The number of aryl methyl sites for hydroxylation is 2. The lowest BCUT2D eigenvalue weighted by atomic mass is 9.98. The zero-order valence-electron chi connectivity index (χ0n) is 11.1. The molecule has 1 aliphatic carbocycles. The average molecular weight is 233 g/mol. The molecule has 0 aliphatic heterocycles. The summed E-state index contributed by atoms with van der Waals surface area (Å²) in [5, 5.41) is 13.1. The highest BCUT2D eigenvalue weighted by Gasteiger charge is 2.23. The minimum atomic E-state index is -0.350. The molecule has 94 valence electrons. The van der Waals surface area contributed by atoms with Gasteiger partial charge in [-0.1, -0.05) is 18.2 Å². The molecule has 1 unspecified atom stereocenters. The van der Waals surface area contributed by atoms with Crippen molar-refractivity contribution in [3.05, 3.63) is 34.9 Å². The summed E-state index contributed by atoms with van der Waals surface area (Å²) in [7, 11) is 0. The molecule has 0 spiro atoms. The third-order valence-electron chi connectivity index (χ3n) is 3.96. The number of rotatable bonds is 4. The number of hydrogen-bond donors (Lipinski definition) is 2. The minimum absolute atomic E-state index is 0.237. The predicted molar refractivity (Wildman–Crippen MR) is 71.1 cm³/mol. The van der Waals surface area contributed by atoms with Crippen LogP contribution in [0.5, 0.6) is 0 Å². The summed E-state index contributed by atoms with van der Waals surface area (Å²) < 4.78 is 0. The fraction of sp³-hybridized carbons (Fsp3) is 0.600. The first-order valence-corrected chi connectivity index (χ1v) is 6.53. The molecule has 2 N–H and O–H groups in total. The fourth-order valence-corrected chi connectivity index (χ4v) is 2.21. The van der Waals surface area contributed by atoms with Gasteiger partial charge in [0, 0.05) is 12.1 Å². The van der Waals surface area contributed by atoms with Crippen LogP contribution in [-0.4, -0.2) is 16.7 Å². The predicted octanol–water partition coefficient (Wildman–Crippen LogP) is 2.42. The molecule has 0 saturated carbocycles. The van der Waals surface area contributed by atoms with Crippen molar-refractivity contribution in [2.24, 2.45) is 0 Å². The number of hydrogen-bond acceptors (Lipinski definition) is 2. The molecule has 17 heavy (non-hydrogen) atoms. The van der Waals surface area contributed by atoms with Gasteiger partial charge in [0.1, 0.15) is 0 Å². The van der Waals surface area contributed by atoms with Crippen molar-refractivity contribution in [2.75, 3.05) is 0 Å². The van der Waals surface area contributed by atoms with Gasteiger partial charge in [0.25, 0.3) is 0 Å². The lowest BCUT2D eigenvalue weighted by molar-refractivity contribution is 0.0956. The maximum atomic E-state index is 9.65. The Morgan fingerprint density at radius 1 is 1.29 bits per heavy atom. The summed E-state index contributed by atoms with van der Waals surface area (Å²) in [6, 6.07) is 6.78. The van der Waals surface area contributed by atoms with Gasteiger partial charge >= 0.3 is 0 Å². The van der Waals surface area contributed by atoms with Crippen LogP contribution in [0.15, 0.2) is 18.2 Å². The van der Waals surface area contributed by atoms with Crippen LogP contribution < -0.4 is 5.32 Å². The summed E-state index contributed by atoms with van der Waals surface area (Å²) in [6.45, 7) is 6.72. The molecular weight excluding hydrogens is 210 g/mol. The second-order valence-corrected chi connectivity index (χ2v) is 5.71. The van der Waals surface area contributed by atoms with Gasteiger partial charge in [0.05, 0.1) is 6.10 Å². The second kappa shape index (κ2) is 4.79. The van der Waals surface area contributed by atoms with E-state index < -0.39 is 0 Å². The summed E-state index contributed by atoms with van der Waals surface area (Å²) in [5.41, 5.74) is 4.11. The molecule has 0 saturated heterocycles. The van der Waals surface area contributed by atoms with Crippen LogP contribution >= 0.6 is 0 Å². The zero-order valence-corrected chi connectivity index (χ0v) is 11.1. The molecule has 1 aromatic rings. The highest BCUT2D eigenvalue weighted by atomic mass is 16.3. The first-order chi connectivity index (χ1) is 7.99. The summed E-state index contributed by atoms with van der Waals surface area (Å²) in [5.74, 6) is 0. The van der Waals surface area contributed by atoms with E-state index in [9.17, 15) is 5.11 Å². The number of aliphatic hydroxyl groups is 1. The molecule has 2 heteroatoms. The Bertz CT molecular complexity index is 396. The normalized spacial score (nSPS) is 16.9. The van der Waals surface area contributed by atoms with E-state index in [1.165, 1.54) is 36.0 Å². The van der Waals surface area contributed by atoms with Crippen molar-refractivity contribution in [2.45, 2.75) is 58.2 Å². The van der Waals surface area contributed by atoms with E-state index in [0.29, 0.717) is 0 Å². The van der Waals surface area contributed by atoms with Gasteiger partial charge in [-0.2, -0.15) is 0 Å². The topological polar surface area (TPSA) is 32.3 Å². The Hall–Kier alpha value is -0.860. The molecular formula is C15H23NO. The van der Waals surface area contributed by atoms with E-state index in [0.717, 1.165) is 6.54 Å². The standard InChI is InChI=1S/C15H23NO/c1-11(17)15(2,3)16-10-12-7-8-13-5-4-6-14(13)9-12/h7-9,11,16-17H,4-6,10H2,1-3H3. The van der Waals surface area contributed by atoms with E-state index in [1.807, 2.05) is 20.8 Å². The maximum Gasteiger partial charge on any atom is 0.0688 e. The van der Waals surface area contributed by atoms with Gasteiger partial charge in [0.2, 0.25) is 0 Å². The molecule has 0 amide bonds. The SMILES string of the molecule is CC(O)C(C)(C)NCc1ccc2c(c1)CCC2. The van der Waals surface area contributed by atoms with Crippen LogP contribution in [0.1, 0.15) is 43.9 Å². The molecule has 0 fully saturated rings. The quantitative estimate of drug-likeness (QED) is 0.837. The smallest absolute Gasteiger partial charge is 0.0688 e. The van der Waals surface area contributed by atoms with Crippen LogP contribution in [-0.2, 0) is 19.4 Å². The van der Waals surface area contributed by atoms with Gasteiger partial charge in [-0.15, -0.1) is 0 Å². The monoisotopic (exact) mass is 233 g/mol. The molecule has 0 bridgehead atoms. The van der Waals surface area contributed by atoms with Crippen LogP contribution in [0.3, 0.4) is 0 Å². The Kier molecular flexibility index (Phi) is 3.55. The fourth-order valence-electron chi connectivity index (χ4n) is 2.21. The molecule has 1 aliphatic rings. The Morgan fingerprint density at radius 3 is 2.71 bits per heavy atom. The van der Waals surface area contributed by atoms with Crippen molar-refractivity contribution >= 4 is 0 Å². The van der Waals surface area contributed by atoms with Gasteiger partial charge < -0.3 is 10.4 Å². The average Bonchev–Trinajstić information content (AvgIpc) is 2.73. The van der Waals surface area contributed by atoms with Crippen LogP contribution in [0, 0.1) is 0 Å². The zero-order chi connectivity index (χ0) is 12.5. The second-order valence-electron chi connectivity index (χ2n) is 5.71. The van der Waals surface area contributed by atoms with E-state index in [4.69, 9.17) is 0 Å². The number of aliphatic hydroxyl groups excluding tert-OH is 1. The molecule has 0 radical (unpaired) electrons. The van der Waals surface area contributed by atoms with Gasteiger partial charge in [0.15, 0.2) is 0 Å². The van der Waals surface area contributed by atoms with Crippen molar-refractivity contribution in [1.82, 2.24) is 5.32 Å². The molecule has 1 atom stereocenters. The Labute approximate surface area is 104 Å². The van der Waals surface area contributed by atoms with Crippen molar-refractivity contribution < 1.29 is 5.11 Å². The number of nitrogens with one attached hydrogen (secondary N) is 1. The van der Waals surface area contributed by atoms with E-state index in [-0.39, 0.29) is 11.6 Å². The Morgan fingerprint density at radius 2 is 2.00 bits per heavy atom. The van der Waals surface area contributed by atoms with Gasteiger partial charge in [-0.05, 0) is 56.7 Å².